The molecule has 1 unspecified atom stereocenters. The van der Waals surface area contributed by atoms with E-state index in [2.05, 4.69) is 27.9 Å². The first-order chi connectivity index (χ1) is 12.6. The van der Waals surface area contributed by atoms with E-state index in [-0.39, 0.29) is 11.9 Å². The van der Waals surface area contributed by atoms with E-state index in [9.17, 15) is 4.79 Å². The molecule has 146 valence electrons. The van der Waals surface area contributed by atoms with Gasteiger partial charge < -0.3 is 20.7 Å². The molecule has 3 N–H and O–H groups in total. The van der Waals surface area contributed by atoms with E-state index < -0.39 is 0 Å². The lowest BCUT2D eigenvalue weighted by Gasteiger charge is -2.12. The van der Waals surface area contributed by atoms with Crippen molar-refractivity contribution in [2.45, 2.75) is 53.1 Å². The molecule has 0 saturated heterocycles. The minimum atomic E-state index is -0.0290. The van der Waals surface area contributed by atoms with Crippen molar-refractivity contribution in [1.29, 1.82) is 0 Å². The largest absolute Gasteiger partial charge is 0.382 e. The summed E-state index contributed by atoms with van der Waals surface area (Å²) in [4.78, 5) is 16.7. The predicted octanol–water partition coefficient (Wildman–Crippen LogP) is 2.70. The number of amides is 1. The Morgan fingerprint density at radius 2 is 1.88 bits per heavy atom. The quantitative estimate of drug-likeness (QED) is 0.321. The van der Waals surface area contributed by atoms with Crippen molar-refractivity contribution < 1.29 is 9.53 Å². The molecule has 0 aromatic heterocycles. The Morgan fingerprint density at radius 3 is 2.50 bits per heavy atom. The van der Waals surface area contributed by atoms with Gasteiger partial charge in [-0.2, -0.15) is 0 Å². The highest BCUT2D eigenvalue weighted by molar-refractivity contribution is 5.94. The van der Waals surface area contributed by atoms with E-state index in [0.29, 0.717) is 12.1 Å². The molecule has 0 aliphatic carbocycles. The number of hydrogen-bond acceptors (Lipinski definition) is 3. The molecule has 6 nitrogen and oxygen atoms in total. The molecule has 0 saturated carbocycles. The van der Waals surface area contributed by atoms with Gasteiger partial charge in [0.2, 0.25) is 0 Å². The van der Waals surface area contributed by atoms with Gasteiger partial charge in [0.05, 0.1) is 6.54 Å². The van der Waals surface area contributed by atoms with Crippen LogP contribution in [-0.2, 0) is 11.3 Å². The van der Waals surface area contributed by atoms with E-state index >= 15 is 0 Å². The molecule has 0 aliphatic rings. The van der Waals surface area contributed by atoms with Crippen molar-refractivity contribution >= 4 is 11.9 Å². The second-order valence-electron chi connectivity index (χ2n) is 6.15. The monoisotopic (exact) mass is 362 g/mol. The lowest BCUT2D eigenvalue weighted by atomic mass is 10.1. The topological polar surface area (TPSA) is 74.8 Å². The van der Waals surface area contributed by atoms with Gasteiger partial charge in [0.1, 0.15) is 0 Å². The maximum atomic E-state index is 12.1. The van der Waals surface area contributed by atoms with Crippen molar-refractivity contribution in [3.63, 3.8) is 0 Å². The van der Waals surface area contributed by atoms with Gasteiger partial charge in [-0.15, -0.1) is 0 Å². The van der Waals surface area contributed by atoms with Crippen LogP contribution < -0.4 is 16.0 Å². The minimum absolute atomic E-state index is 0.0290. The number of nitrogens with zero attached hydrogens (tertiary/aromatic N) is 1. The third-order valence-electron chi connectivity index (χ3n) is 3.93. The van der Waals surface area contributed by atoms with Crippen LogP contribution in [0.15, 0.2) is 29.3 Å². The summed E-state index contributed by atoms with van der Waals surface area (Å²) >= 11 is 0. The molecule has 0 bridgehead atoms. The third-order valence-corrected chi connectivity index (χ3v) is 3.93. The van der Waals surface area contributed by atoms with Crippen LogP contribution in [0.25, 0.3) is 0 Å². The molecule has 0 aliphatic heterocycles. The number of hydrogen-bond donors (Lipinski definition) is 3. The van der Waals surface area contributed by atoms with E-state index in [4.69, 9.17) is 4.74 Å². The van der Waals surface area contributed by atoms with Gasteiger partial charge in [-0.1, -0.05) is 19.1 Å². The number of benzene rings is 1. The Balaban J connectivity index is 2.53. The minimum Gasteiger partial charge on any atom is -0.382 e. The van der Waals surface area contributed by atoms with Gasteiger partial charge in [0.15, 0.2) is 5.96 Å². The summed E-state index contributed by atoms with van der Waals surface area (Å²) in [5, 5.41) is 9.51. The van der Waals surface area contributed by atoms with E-state index in [0.717, 1.165) is 50.7 Å². The highest BCUT2D eigenvalue weighted by Crippen LogP contribution is 2.06. The molecule has 0 heterocycles. The van der Waals surface area contributed by atoms with Crippen molar-refractivity contribution in [3.8, 4) is 0 Å². The molecule has 0 spiro atoms. The molecule has 0 radical (unpaired) electrons. The second-order valence-corrected chi connectivity index (χ2v) is 6.15. The van der Waals surface area contributed by atoms with Crippen LogP contribution in [0.2, 0.25) is 0 Å². The second kappa shape index (κ2) is 13.2. The van der Waals surface area contributed by atoms with Gasteiger partial charge >= 0.3 is 0 Å². The first-order valence-corrected chi connectivity index (χ1v) is 9.60. The smallest absolute Gasteiger partial charge is 0.251 e. The van der Waals surface area contributed by atoms with Crippen molar-refractivity contribution in [2.24, 2.45) is 4.99 Å². The normalized spacial score (nSPS) is 12.5. The molecular formula is C20H34N4O2. The Bertz CT molecular complexity index is 543. The van der Waals surface area contributed by atoms with Crippen LogP contribution in [0.4, 0.5) is 0 Å². The first kappa shape index (κ1) is 22.0. The maximum absolute atomic E-state index is 12.1. The van der Waals surface area contributed by atoms with Crippen LogP contribution in [0.3, 0.4) is 0 Å². The zero-order valence-corrected chi connectivity index (χ0v) is 16.6. The first-order valence-electron chi connectivity index (χ1n) is 9.60. The van der Waals surface area contributed by atoms with Crippen LogP contribution in [0.5, 0.6) is 0 Å². The van der Waals surface area contributed by atoms with Crippen molar-refractivity contribution in [2.75, 3.05) is 26.3 Å². The lowest BCUT2D eigenvalue weighted by Crippen LogP contribution is -2.38. The van der Waals surface area contributed by atoms with Crippen molar-refractivity contribution in [3.05, 3.63) is 35.4 Å². The van der Waals surface area contributed by atoms with E-state index in [1.807, 2.05) is 45.0 Å². The van der Waals surface area contributed by atoms with Gasteiger partial charge in [0, 0.05) is 37.9 Å². The van der Waals surface area contributed by atoms with Crippen molar-refractivity contribution in [1.82, 2.24) is 16.0 Å². The van der Waals surface area contributed by atoms with E-state index in [1.165, 1.54) is 0 Å². The Kier molecular flexibility index (Phi) is 11.1. The molecule has 1 amide bonds. The average molecular weight is 363 g/mol. The fourth-order valence-corrected chi connectivity index (χ4v) is 2.21. The van der Waals surface area contributed by atoms with Crippen LogP contribution in [-0.4, -0.2) is 44.2 Å². The third kappa shape index (κ3) is 8.85. The number of aliphatic imine (C=N–C) groups is 1. The molecular weight excluding hydrogens is 328 g/mol. The summed E-state index contributed by atoms with van der Waals surface area (Å²) in [6.07, 6.45) is 1.86. The highest BCUT2D eigenvalue weighted by atomic mass is 16.5. The Labute approximate surface area is 157 Å². The van der Waals surface area contributed by atoms with Gasteiger partial charge in [0.25, 0.3) is 5.91 Å². The number of carbonyl (C=O) groups excluding carboxylic acids is 1. The zero-order chi connectivity index (χ0) is 19.2. The summed E-state index contributed by atoms with van der Waals surface area (Å²) in [5.41, 5.74) is 1.75. The predicted molar refractivity (Wildman–Crippen MR) is 108 cm³/mol. The molecule has 1 aromatic carbocycles. The average Bonchev–Trinajstić information content (AvgIpc) is 2.66. The van der Waals surface area contributed by atoms with Crippen LogP contribution in [0.1, 0.15) is 56.5 Å². The highest BCUT2D eigenvalue weighted by Gasteiger charge is 2.08. The number of rotatable bonds is 11. The molecule has 1 atom stereocenters. The fourth-order valence-electron chi connectivity index (χ4n) is 2.21. The number of nitrogens with one attached hydrogen (secondary N) is 3. The molecule has 26 heavy (non-hydrogen) atoms. The standard InChI is InChI=1S/C20H34N4O2/c1-5-16(4)24-19(25)18-11-9-17(10-12-18)15-23-20(21-6-2)22-13-8-14-26-7-3/h9-12,16H,5-8,13-15H2,1-4H3,(H,24,25)(H2,21,22,23). The van der Waals surface area contributed by atoms with Crippen LogP contribution in [0, 0.1) is 0 Å². The molecule has 1 aromatic rings. The van der Waals surface area contributed by atoms with Gasteiger partial charge in [-0.05, 0) is 51.3 Å². The summed E-state index contributed by atoms with van der Waals surface area (Å²) in [5.74, 6) is 0.765. The maximum Gasteiger partial charge on any atom is 0.251 e. The zero-order valence-electron chi connectivity index (χ0n) is 16.6. The number of ether oxygens (including phenoxy) is 1. The Morgan fingerprint density at radius 1 is 1.15 bits per heavy atom. The fraction of sp³-hybridized carbons (Fsp3) is 0.600. The van der Waals surface area contributed by atoms with Gasteiger partial charge in [-0.3, -0.25) is 4.79 Å². The number of carbonyl (C=O) groups is 1. The molecule has 1 rings (SSSR count). The summed E-state index contributed by atoms with van der Waals surface area (Å²) in [6, 6.07) is 7.79. The lowest BCUT2D eigenvalue weighted by molar-refractivity contribution is 0.0939. The van der Waals surface area contributed by atoms with E-state index in [1.54, 1.807) is 0 Å². The Hall–Kier alpha value is -2.08. The SMILES string of the molecule is CCNC(=NCc1ccc(C(=O)NC(C)CC)cc1)NCCCOCC. The number of guanidine groups is 1. The van der Waals surface area contributed by atoms with Crippen LogP contribution >= 0.6 is 0 Å². The summed E-state index contributed by atoms with van der Waals surface area (Å²) in [6.45, 7) is 11.8. The van der Waals surface area contributed by atoms with Gasteiger partial charge in [-0.25, -0.2) is 4.99 Å². The summed E-state index contributed by atoms with van der Waals surface area (Å²) in [7, 11) is 0. The molecule has 0 fully saturated rings. The molecule has 6 heteroatoms. The summed E-state index contributed by atoms with van der Waals surface area (Å²) < 4.78 is 5.33.